The van der Waals surface area contributed by atoms with Gasteiger partial charge in [-0.05, 0) is 48.9 Å². The molecule has 2 heterocycles. The third-order valence-electron chi connectivity index (χ3n) is 5.87. The molecule has 2 aromatic heterocycles. The van der Waals surface area contributed by atoms with Crippen LogP contribution in [0.3, 0.4) is 0 Å². The molecule has 0 aliphatic rings. The Morgan fingerprint density at radius 2 is 1.44 bits per heavy atom. The molecule has 8 nitrogen and oxygen atoms in total. The van der Waals surface area contributed by atoms with Crippen LogP contribution in [0.4, 0.5) is 0 Å². The standard InChI is InChI=1S/C28H22O8/c1-15-11-23-17(13-22(15)36-28(30)26-19(31-2)8-6-9-20(26)32-3)18(14-25(29)34-23)24-12-16-7-5-10-21(33-4)27(16)35-24/h5-14H,1-4H3. The van der Waals surface area contributed by atoms with E-state index in [2.05, 4.69) is 0 Å². The summed E-state index contributed by atoms with van der Waals surface area (Å²) in [6, 6.07) is 17.0. The monoisotopic (exact) mass is 486 g/mol. The van der Waals surface area contributed by atoms with E-state index in [9.17, 15) is 9.59 Å². The van der Waals surface area contributed by atoms with E-state index in [1.165, 1.54) is 20.3 Å². The Balaban J connectivity index is 1.64. The van der Waals surface area contributed by atoms with Gasteiger partial charge in [-0.25, -0.2) is 9.59 Å². The van der Waals surface area contributed by atoms with Crippen molar-refractivity contribution in [2.24, 2.45) is 0 Å². The molecular weight excluding hydrogens is 464 g/mol. The average molecular weight is 486 g/mol. The van der Waals surface area contributed by atoms with Gasteiger partial charge in [-0.3, -0.25) is 0 Å². The molecule has 0 bridgehead atoms. The first kappa shape index (κ1) is 23.0. The first-order valence-electron chi connectivity index (χ1n) is 11.0. The normalized spacial score (nSPS) is 11.0. The van der Waals surface area contributed by atoms with Crippen molar-refractivity contribution in [3.63, 3.8) is 0 Å². The van der Waals surface area contributed by atoms with Crippen LogP contribution in [0.1, 0.15) is 15.9 Å². The molecule has 0 radical (unpaired) electrons. The van der Waals surface area contributed by atoms with Crippen LogP contribution in [0.15, 0.2) is 74.3 Å². The van der Waals surface area contributed by atoms with Gasteiger partial charge in [-0.2, -0.15) is 0 Å². The molecule has 0 unspecified atom stereocenters. The third-order valence-corrected chi connectivity index (χ3v) is 5.87. The van der Waals surface area contributed by atoms with Gasteiger partial charge in [0.25, 0.3) is 0 Å². The Morgan fingerprint density at radius 1 is 0.778 bits per heavy atom. The van der Waals surface area contributed by atoms with Crippen LogP contribution in [-0.2, 0) is 0 Å². The Kier molecular flexibility index (Phi) is 5.85. The summed E-state index contributed by atoms with van der Waals surface area (Å²) in [6.45, 7) is 1.75. The molecule has 0 saturated carbocycles. The van der Waals surface area contributed by atoms with Crippen LogP contribution in [0.5, 0.6) is 23.0 Å². The lowest BCUT2D eigenvalue weighted by atomic mass is 10.0. The van der Waals surface area contributed by atoms with Gasteiger partial charge in [0.05, 0.1) is 21.3 Å². The highest BCUT2D eigenvalue weighted by Gasteiger charge is 2.22. The molecule has 5 aromatic rings. The zero-order valence-corrected chi connectivity index (χ0v) is 20.0. The lowest BCUT2D eigenvalue weighted by Crippen LogP contribution is -2.12. The van der Waals surface area contributed by atoms with Crippen LogP contribution in [0.2, 0.25) is 0 Å². The largest absolute Gasteiger partial charge is 0.496 e. The minimum Gasteiger partial charge on any atom is -0.496 e. The van der Waals surface area contributed by atoms with Gasteiger partial charge in [0.15, 0.2) is 11.3 Å². The van der Waals surface area contributed by atoms with Gasteiger partial charge in [-0.1, -0.05) is 18.2 Å². The molecule has 3 aromatic carbocycles. The first-order valence-corrected chi connectivity index (χ1v) is 11.0. The number of methoxy groups -OCH3 is 3. The molecule has 5 rings (SSSR count). The maximum absolute atomic E-state index is 13.2. The van der Waals surface area contributed by atoms with Crippen molar-refractivity contribution in [2.75, 3.05) is 21.3 Å². The minimum atomic E-state index is -0.654. The summed E-state index contributed by atoms with van der Waals surface area (Å²) in [5.41, 5.74) is 1.59. The van der Waals surface area contributed by atoms with Gasteiger partial charge >= 0.3 is 11.6 Å². The van der Waals surface area contributed by atoms with Crippen molar-refractivity contribution in [2.45, 2.75) is 6.92 Å². The highest BCUT2D eigenvalue weighted by atomic mass is 16.5. The van der Waals surface area contributed by atoms with Gasteiger partial charge in [0.2, 0.25) is 0 Å². The van der Waals surface area contributed by atoms with Crippen molar-refractivity contribution in [1.29, 1.82) is 0 Å². The number of aryl methyl sites for hydroxylation is 1. The van der Waals surface area contributed by atoms with E-state index in [0.29, 0.717) is 50.7 Å². The van der Waals surface area contributed by atoms with E-state index in [-0.39, 0.29) is 11.3 Å². The summed E-state index contributed by atoms with van der Waals surface area (Å²) in [5, 5.41) is 1.35. The summed E-state index contributed by atoms with van der Waals surface area (Å²) < 4.78 is 33.3. The highest BCUT2D eigenvalue weighted by molar-refractivity contribution is 5.99. The second kappa shape index (κ2) is 9.14. The second-order valence-electron chi connectivity index (χ2n) is 8.01. The van der Waals surface area contributed by atoms with Crippen LogP contribution in [0, 0.1) is 6.92 Å². The van der Waals surface area contributed by atoms with Gasteiger partial charge in [0.1, 0.15) is 34.2 Å². The molecule has 0 atom stereocenters. The number of hydrogen-bond acceptors (Lipinski definition) is 8. The number of hydrogen-bond donors (Lipinski definition) is 0. The molecular formula is C28H22O8. The summed E-state index contributed by atoms with van der Waals surface area (Å²) in [4.78, 5) is 25.5. The maximum Gasteiger partial charge on any atom is 0.351 e. The van der Waals surface area contributed by atoms with E-state index in [1.807, 2.05) is 18.2 Å². The maximum atomic E-state index is 13.2. The molecule has 0 N–H and O–H groups in total. The third kappa shape index (κ3) is 3.92. The van der Waals surface area contributed by atoms with Crippen molar-refractivity contribution in [1.82, 2.24) is 0 Å². The Labute approximate surface area is 205 Å². The number of rotatable bonds is 6. The number of ether oxygens (including phenoxy) is 4. The lowest BCUT2D eigenvalue weighted by Gasteiger charge is -2.14. The number of esters is 1. The Hall–Kier alpha value is -4.72. The minimum absolute atomic E-state index is 0.159. The number of carbonyl (C=O) groups is 1. The van der Waals surface area contributed by atoms with Crippen molar-refractivity contribution >= 4 is 27.9 Å². The molecule has 0 aliphatic carbocycles. The fraction of sp³-hybridized carbons (Fsp3) is 0.143. The van der Waals surface area contributed by atoms with E-state index in [1.54, 1.807) is 50.4 Å². The van der Waals surface area contributed by atoms with E-state index >= 15 is 0 Å². The van der Waals surface area contributed by atoms with Crippen molar-refractivity contribution in [3.8, 4) is 34.3 Å². The zero-order chi connectivity index (χ0) is 25.4. The first-order chi connectivity index (χ1) is 17.4. The number of benzene rings is 3. The van der Waals surface area contributed by atoms with Gasteiger partial charge < -0.3 is 27.8 Å². The molecule has 0 spiro atoms. The molecule has 182 valence electrons. The molecule has 0 amide bonds. The van der Waals surface area contributed by atoms with Crippen LogP contribution in [-0.4, -0.2) is 27.3 Å². The molecule has 8 heteroatoms. The summed E-state index contributed by atoms with van der Waals surface area (Å²) in [6.07, 6.45) is 0. The van der Waals surface area contributed by atoms with Crippen LogP contribution in [0.25, 0.3) is 33.3 Å². The molecule has 0 fully saturated rings. The number of para-hydroxylation sites is 1. The van der Waals surface area contributed by atoms with E-state index < -0.39 is 11.6 Å². The lowest BCUT2D eigenvalue weighted by molar-refractivity contribution is 0.0726. The summed E-state index contributed by atoms with van der Waals surface area (Å²) in [7, 11) is 4.48. The fourth-order valence-corrected chi connectivity index (χ4v) is 4.14. The quantitative estimate of drug-likeness (QED) is 0.170. The van der Waals surface area contributed by atoms with E-state index in [0.717, 1.165) is 5.39 Å². The predicted octanol–water partition coefficient (Wildman–Crippen LogP) is 5.76. The van der Waals surface area contributed by atoms with Crippen LogP contribution >= 0.6 is 0 Å². The predicted molar refractivity (Wildman–Crippen MR) is 133 cm³/mol. The number of carbonyl (C=O) groups excluding carboxylic acids is 1. The van der Waals surface area contributed by atoms with Crippen molar-refractivity contribution in [3.05, 3.63) is 82.2 Å². The Morgan fingerprint density at radius 3 is 2.14 bits per heavy atom. The average Bonchev–Trinajstić information content (AvgIpc) is 3.32. The van der Waals surface area contributed by atoms with Gasteiger partial charge in [-0.15, -0.1) is 0 Å². The Bertz CT molecular complexity index is 1650. The second-order valence-corrected chi connectivity index (χ2v) is 8.01. The topological polar surface area (TPSA) is 97.3 Å². The highest BCUT2D eigenvalue weighted by Crippen LogP contribution is 2.38. The SMILES string of the molecule is COc1cccc(OC)c1C(=O)Oc1cc2c(-c3cc4cccc(OC)c4o3)cc(=O)oc2cc1C. The number of fused-ring (bicyclic) bond motifs is 2. The van der Waals surface area contributed by atoms with Crippen molar-refractivity contribution < 1.29 is 32.6 Å². The zero-order valence-electron chi connectivity index (χ0n) is 20.0. The smallest absolute Gasteiger partial charge is 0.351 e. The number of furan rings is 1. The molecule has 0 aliphatic heterocycles. The molecule has 0 saturated heterocycles. The summed E-state index contributed by atoms with van der Waals surface area (Å²) in [5.74, 6) is 1.28. The van der Waals surface area contributed by atoms with E-state index in [4.69, 9.17) is 27.8 Å². The van der Waals surface area contributed by atoms with Crippen LogP contribution < -0.4 is 24.6 Å². The fourth-order valence-electron chi connectivity index (χ4n) is 4.14. The molecule has 36 heavy (non-hydrogen) atoms. The van der Waals surface area contributed by atoms with Gasteiger partial charge in [0, 0.05) is 22.4 Å². The summed E-state index contributed by atoms with van der Waals surface area (Å²) >= 11 is 0.